The Morgan fingerprint density at radius 2 is 1.88 bits per heavy atom. The van der Waals surface area contributed by atoms with Gasteiger partial charge >= 0.3 is 11.9 Å². The number of carbonyl (C=O) groups is 3. The van der Waals surface area contributed by atoms with Crippen molar-refractivity contribution in [1.29, 1.82) is 0 Å². The minimum Gasteiger partial charge on any atom is -0.504 e. The normalized spacial score (nSPS) is 29.3. The number of ether oxygens (including phenoxy) is 7. The van der Waals surface area contributed by atoms with Gasteiger partial charge in [-0.3, -0.25) is 9.59 Å². The lowest BCUT2D eigenvalue weighted by Crippen LogP contribution is -2.68. The molecular formula is C43H43N3O13. The molecule has 1 amide bonds. The molecule has 4 aliphatic heterocycles. The number of anilines is 1. The van der Waals surface area contributed by atoms with Crippen LogP contribution in [-0.2, 0) is 28.5 Å². The van der Waals surface area contributed by atoms with Crippen molar-refractivity contribution in [1.82, 2.24) is 4.90 Å². The Morgan fingerprint density at radius 3 is 2.61 bits per heavy atom. The Kier molecular flexibility index (Phi) is 11.1. The molecule has 4 heterocycles. The van der Waals surface area contributed by atoms with Crippen LogP contribution in [0.2, 0.25) is 0 Å². The third kappa shape index (κ3) is 7.90. The molecule has 1 saturated heterocycles. The maximum Gasteiger partial charge on any atom is 0.341 e. The van der Waals surface area contributed by atoms with Crippen molar-refractivity contribution in [3.8, 4) is 46.7 Å². The number of benzene rings is 2. The van der Waals surface area contributed by atoms with Crippen molar-refractivity contribution in [3.05, 3.63) is 89.2 Å². The second-order valence-corrected chi connectivity index (χ2v) is 15.1. The zero-order valence-corrected chi connectivity index (χ0v) is 32.8. The zero-order chi connectivity index (χ0) is 42.4. The van der Waals surface area contributed by atoms with E-state index >= 15 is 0 Å². The van der Waals surface area contributed by atoms with Gasteiger partial charge in [-0.2, -0.15) is 0 Å². The number of fused-ring (bicyclic) bond motifs is 9. The SMILES string of the molecule is C=C1Oc2cc(OC)cc(C(=O)O[C@H]3COC(=O)C[C@H](N)c4ccc(c(O)c4)O[C@@H]4C#CC=C3C#CC3=CC=C[C@@]34O[C@@H]3OC(C)(C)[C@@H](N(C)C)[C@@H](O)[C@H]3O)c2NC1=O. The third-order valence-electron chi connectivity index (χ3n) is 10.4. The fraction of sp³-hybridized carbons (Fsp3) is 0.372. The number of hydrogen-bond acceptors (Lipinski definition) is 15. The molecule has 0 aromatic heterocycles. The van der Waals surface area contributed by atoms with E-state index in [9.17, 15) is 29.7 Å². The highest BCUT2D eigenvalue weighted by Gasteiger charge is 2.55. The number of allylic oxidation sites excluding steroid dienone is 3. The molecule has 16 nitrogen and oxygen atoms in total. The predicted molar refractivity (Wildman–Crippen MR) is 209 cm³/mol. The van der Waals surface area contributed by atoms with Gasteiger partial charge in [-0.25, -0.2) is 4.79 Å². The quantitative estimate of drug-likeness (QED) is 0.161. The highest BCUT2D eigenvalue weighted by Crippen LogP contribution is 2.43. The number of nitrogens with zero attached hydrogens (tertiary/aromatic N) is 1. The van der Waals surface area contributed by atoms with E-state index in [0.29, 0.717) is 5.56 Å². The molecule has 0 saturated carbocycles. The van der Waals surface area contributed by atoms with Gasteiger partial charge < -0.3 is 64.4 Å². The van der Waals surface area contributed by atoms with Crippen LogP contribution in [-0.4, -0.2) is 114 Å². The van der Waals surface area contributed by atoms with E-state index in [0.717, 1.165) is 0 Å². The fourth-order valence-electron chi connectivity index (χ4n) is 7.56. The van der Waals surface area contributed by atoms with Gasteiger partial charge in [0.2, 0.25) is 0 Å². The molecule has 0 unspecified atom stereocenters. The number of nitrogens with one attached hydrogen (secondary N) is 1. The van der Waals surface area contributed by atoms with Gasteiger partial charge in [-0.05, 0) is 69.8 Å². The highest BCUT2D eigenvalue weighted by atomic mass is 16.7. The standard InChI is InChI=1S/C43H43N3O13/c1-22-39(51)45-35-27(18-26(53-6)19-31(35)55-22)40(52)57-32-21-54-34(48)20-28(44)24-13-15-30(29(47)17-24)56-33-11-7-9-23(32)12-14-25-10-8-16-43(25,33)59-41-37(50)36(49)38(46(4)5)42(2,3)58-41/h8-10,13,15-19,28,32-33,36-38,41,47,49-50H,1,20-21,44H2,2-6H3,(H,45,51)/t28-,32-,33+,36-,37+,38-,41-,43+/m0/s1. The summed E-state index contributed by atoms with van der Waals surface area (Å²) in [4.78, 5) is 41.5. The van der Waals surface area contributed by atoms with E-state index in [1.165, 1.54) is 37.5 Å². The molecule has 59 heavy (non-hydrogen) atoms. The Morgan fingerprint density at radius 1 is 1.10 bits per heavy atom. The summed E-state index contributed by atoms with van der Waals surface area (Å²) < 4.78 is 42.0. The molecule has 0 spiro atoms. The third-order valence-corrected chi connectivity index (χ3v) is 10.4. The van der Waals surface area contributed by atoms with Crippen LogP contribution < -0.4 is 25.3 Å². The van der Waals surface area contributed by atoms with Crippen LogP contribution in [0, 0.1) is 23.7 Å². The van der Waals surface area contributed by atoms with Gasteiger partial charge in [-0.1, -0.05) is 36.5 Å². The molecule has 1 fully saturated rings. The summed E-state index contributed by atoms with van der Waals surface area (Å²) in [7, 11) is 4.90. The number of esters is 2. The van der Waals surface area contributed by atoms with Crippen molar-refractivity contribution in [2.24, 2.45) is 5.73 Å². The molecule has 8 rings (SSSR count). The maximum absolute atomic E-state index is 14.1. The van der Waals surface area contributed by atoms with E-state index in [-0.39, 0.29) is 57.6 Å². The summed E-state index contributed by atoms with van der Waals surface area (Å²) in [6.45, 7) is 6.56. The molecule has 2 aromatic rings. The zero-order valence-electron chi connectivity index (χ0n) is 32.8. The number of rotatable bonds is 6. The number of likely N-dealkylation sites (N-methyl/N-ethyl adjacent to an activating group) is 1. The minimum atomic E-state index is -1.73. The smallest absolute Gasteiger partial charge is 0.341 e. The van der Waals surface area contributed by atoms with Crippen LogP contribution in [0.25, 0.3) is 0 Å². The predicted octanol–water partition coefficient (Wildman–Crippen LogP) is 2.15. The Bertz CT molecular complexity index is 2330. The summed E-state index contributed by atoms with van der Waals surface area (Å²) in [6.07, 6.45) is -1.08. The number of carbonyl (C=O) groups excluding carboxylic acids is 3. The molecule has 2 aliphatic carbocycles. The summed E-state index contributed by atoms with van der Waals surface area (Å²) >= 11 is 0. The second kappa shape index (κ2) is 15.9. The van der Waals surface area contributed by atoms with E-state index in [2.05, 4.69) is 35.6 Å². The van der Waals surface area contributed by atoms with Crippen LogP contribution in [0.15, 0.2) is 78.1 Å². The van der Waals surface area contributed by atoms with E-state index in [1.807, 2.05) is 0 Å². The number of phenols is 1. The first-order valence-electron chi connectivity index (χ1n) is 18.5. The average Bonchev–Trinajstić information content (AvgIpc) is 3.60. The first kappa shape index (κ1) is 41.1. The Hall–Kier alpha value is -6.11. The van der Waals surface area contributed by atoms with Crippen LogP contribution in [0.4, 0.5) is 5.69 Å². The van der Waals surface area contributed by atoms with Crippen molar-refractivity contribution in [2.75, 3.05) is 33.1 Å². The monoisotopic (exact) mass is 809 g/mol. The van der Waals surface area contributed by atoms with Crippen molar-refractivity contribution < 1.29 is 62.9 Å². The second-order valence-electron chi connectivity index (χ2n) is 15.1. The van der Waals surface area contributed by atoms with Gasteiger partial charge in [0.1, 0.15) is 24.6 Å². The van der Waals surface area contributed by atoms with Crippen molar-refractivity contribution in [3.63, 3.8) is 0 Å². The molecule has 4 bridgehead atoms. The maximum atomic E-state index is 14.1. The lowest BCUT2D eigenvalue weighted by atomic mass is 9.85. The molecule has 8 atom stereocenters. The number of hydrogen-bond donors (Lipinski definition) is 5. The van der Waals surface area contributed by atoms with Crippen LogP contribution in [0.5, 0.6) is 23.0 Å². The largest absolute Gasteiger partial charge is 0.504 e. The number of aromatic hydroxyl groups is 1. The number of amides is 1. The number of methoxy groups -OCH3 is 1. The van der Waals surface area contributed by atoms with E-state index in [4.69, 9.17) is 38.9 Å². The molecule has 0 radical (unpaired) electrons. The lowest BCUT2D eigenvalue weighted by Gasteiger charge is -2.51. The first-order valence-corrected chi connectivity index (χ1v) is 18.5. The molecule has 308 valence electrons. The van der Waals surface area contributed by atoms with E-state index < -0.39 is 78.4 Å². The number of aliphatic hydroxyl groups excluding tert-OH is 2. The number of aliphatic hydroxyl groups is 2. The van der Waals surface area contributed by atoms with Crippen LogP contribution >= 0.6 is 0 Å². The van der Waals surface area contributed by atoms with Gasteiger partial charge in [-0.15, -0.1) is 0 Å². The van der Waals surface area contributed by atoms with Gasteiger partial charge in [0, 0.05) is 23.8 Å². The molecule has 6 aliphatic rings. The minimum absolute atomic E-state index is 0.00550. The van der Waals surface area contributed by atoms with Crippen LogP contribution in [0.3, 0.4) is 0 Å². The lowest BCUT2D eigenvalue weighted by molar-refractivity contribution is -0.329. The summed E-state index contributed by atoms with van der Waals surface area (Å²) in [5, 5.41) is 36.5. The Balaban J connectivity index is 1.32. The van der Waals surface area contributed by atoms with Crippen LogP contribution in [0.1, 0.15) is 42.2 Å². The van der Waals surface area contributed by atoms with Gasteiger partial charge in [0.15, 0.2) is 47.1 Å². The molecule has 2 aromatic carbocycles. The molecular weight excluding hydrogens is 766 g/mol. The molecule has 6 N–H and O–H groups in total. The first-order chi connectivity index (χ1) is 28.0. The van der Waals surface area contributed by atoms with Gasteiger partial charge in [0.05, 0.1) is 42.0 Å². The number of phenolic OH excluding ortho intramolecular Hbond substituents is 1. The fourth-order valence-corrected chi connectivity index (χ4v) is 7.56. The highest BCUT2D eigenvalue weighted by molar-refractivity contribution is 6.10. The summed E-state index contributed by atoms with van der Waals surface area (Å²) in [5.41, 5.74) is 4.15. The van der Waals surface area contributed by atoms with Crippen molar-refractivity contribution >= 4 is 23.5 Å². The summed E-state index contributed by atoms with van der Waals surface area (Å²) in [6, 6.07) is 5.64. The van der Waals surface area contributed by atoms with Crippen molar-refractivity contribution in [2.45, 2.75) is 74.3 Å². The number of nitrogens with two attached hydrogens (primary N) is 1. The van der Waals surface area contributed by atoms with Gasteiger partial charge in [0.25, 0.3) is 5.91 Å². The molecule has 16 heteroatoms. The van der Waals surface area contributed by atoms with E-state index in [1.54, 1.807) is 57.1 Å². The average molecular weight is 810 g/mol. The summed E-state index contributed by atoms with van der Waals surface area (Å²) in [5.74, 6) is 9.31. The Labute approximate surface area is 339 Å². The topological polar surface area (TPSA) is 218 Å².